The Morgan fingerprint density at radius 3 is 2.87 bits per heavy atom. The number of aryl methyl sites for hydroxylation is 1. The summed E-state index contributed by atoms with van der Waals surface area (Å²) in [5.74, 6) is 0. The van der Waals surface area contributed by atoms with Crippen molar-refractivity contribution in [3.05, 3.63) is 54.0 Å². The molecule has 0 bridgehead atoms. The van der Waals surface area contributed by atoms with E-state index in [-0.39, 0.29) is 0 Å². The Balaban J connectivity index is 1.98. The molecule has 0 amide bonds. The van der Waals surface area contributed by atoms with E-state index in [0.29, 0.717) is 0 Å². The lowest BCUT2D eigenvalue weighted by atomic mass is 10.1. The summed E-state index contributed by atoms with van der Waals surface area (Å²) in [4.78, 5) is 0. The van der Waals surface area contributed by atoms with Gasteiger partial charge in [-0.1, -0.05) is 19.1 Å². The van der Waals surface area contributed by atoms with Crippen molar-refractivity contribution in [1.29, 1.82) is 0 Å². The van der Waals surface area contributed by atoms with Crippen LogP contribution in [0.25, 0.3) is 0 Å². The van der Waals surface area contributed by atoms with Crippen LogP contribution in [0.4, 0.5) is 5.69 Å². The first-order valence-corrected chi connectivity index (χ1v) is 5.22. The van der Waals surface area contributed by atoms with Crippen LogP contribution in [0, 0.1) is 0 Å². The van der Waals surface area contributed by atoms with Gasteiger partial charge >= 0.3 is 0 Å². The van der Waals surface area contributed by atoms with Crippen molar-refractivity contribution in [2.24, 2.45) is 0 Å². The third-order valence-corrected chi connectivity index (χ3v) is 2.41. The maximum Gasteiger partial charge on any atom is 0.0952 e. The van der Waals surface area contributed by atoms with E-state index in [0.717, 1.165) is 24.2 Å². The topological polar surface area (TPSA) is 25.2 Å². The van der Waals surface area contributed by atoms with Gasteiger partial charge in [-0.15, -0.1) is 0 Å². The predicted molar refractivity (Wildman–Crippen MR) is 61.9 cm³/mol. The van der Waals surface area contributed by atoms with Crippen LogP contribution in [0.15, 0.2) is 47.3 Å². The van der Waals surface area contributed by atoms with Crippen molar-refractivity contribution in [2.75, 3.05) is 5.32 Å². The second-order valence-corrected chi connectivity index (χ2v) is 3.54. The Hall–Kier alpha value is -1.70. The van der Waals surface area contributed by atoms with Crippen LogP contribution in [-0.4, -0.2) is 0 Å². The summed E-state index contributed by atoms with van der Waals surface area (Å²) in [7, 11) is 0. The maximum absolute atomic E-state index is 5.01. The van der Waals surface area contributed by atoms with Crippen molar-refractivity contribution in [2.45, 2.75) is 19.9 Å². The minimum atomic E-state index is 0.809. The van der Waals surface area contributed by atoms with Crippen molar-refractivity contribution >= 4 is 5.69 Å². The molecule has 2 nitrogen and oxygen atoms in total. The number of hydrogen-bond acceptors (Lipinski definition) is 2. The van der Waals surface area contributed by atoms with E-state index in [1.807, 2.05) is 6.07 Å². The molecule has 0 aliphatic carbocycles. The highest BCUT2D eigenvalue weighted by atomic mass is 16.3. The second-order valence-electron chi connectivity index (χ2n) is 3.54. The molecule has 0 saturated carbocycles. The van der Waals surface area contributed by atoms with E-state index in [1.165, 1.54) is 5.56 Å². The minimum absolute atomic E-state index is 0.809. The van der Waals surface area contributed by atoms with Crippen molar-refractivity contribution in [1.82, 2.24) is 0 Å². The predicted octanol–water partition coefficient (Wildman–Crippen LogP) is 3.45. The quantitative estimate of drug-likeness (QED) is 0.819. The van der Waals surface area contributed by atoms with Gasteiger partial charge < -0.3 is 9.73 Å². The molecule has 0 spiro atoms. The van der Waals surface area contributed by atoms with Gasteiger partial charge in [0.25, 0.3) is 0 Å². The van der Waals surface area contributed by atoms with Crippen molar-refractivity contribution in [3.63, 3.8) is 0 Å². The van der Waals surface area contributed by atoms with Crippen molar-refractivity contribution < 1.29 is 4.42 Å². The lowest BCUT2D eigenvalue weighted by Gasteiger charge is -2.06. The molecule has 0 aliphatic heterocycles. The van der Waals surface area contributed by atoms with Crippen LogP contribution < -0.4 is 5.32 Å². The molecule has 0 unspecified atom stereocenters. The zero-order chi connectivity index (χ0) is 10.5. The van der Waals surface area contributed by atoms with E-state index >= 15 is 0 Å². The van der Waals surface area contributed by atoms with E-state index in [1.54, 1.807) is 12.5 Å². The molecule has 2 rings (SSSR count). The van der Waals surface area contributed by atoms with Gasteiger partial charge in [0.15, 0.2) is 0 Å². The highest BCUT2D eigenvalue weighted by Gasteiger charge is 1.96. The molecule has 78 valence electrons. The van der Waals surface area contributed by atoms with Gasteiger partial charge in [-0.2, -0.15) is 0 Å². The molecule has 1 aromatic heterocycles. The minimum Gasteiger partial charge on any atom is -0.472 e. The van der Waals surface area contributed by atoms with Gasteiger partial charge in [-0.3, -0.25) is 0 Å². The Labute approximate surface area is 89.9 Å². The van der Waals surface area contributed by atoms with Gasteiger partial charge in [0.1, 0.15) is 0 Å². The number of hydrogen-bond donors (Lipinski definition) is 1. The fourth-order valence-electron chi connectivity index (χ4n) is 1.50. The first kappa shape index (κ1) is 9.84. The third kappa shape index (κ3) is 2.62. The van der Waals surface area contributed by atoms with E-state index < -0.39 is 0 Å². The number of furan rings is 1. The molecule has 1 aromatic carbocycles. The number of benzene rings is 1. The van der Waals surface area contributed by atoms with Gasteiger partial charge in [0.05, 0.1) is 12.5 Å². The van der Waals surface area contributed by atoms with Crippen LogP contribution in [0.1, 0.15) is 18.1 Å². The molecular weight excluding hydrogens is 186 g/mol. The van der Waals surface area contributed by atoms with Gasteiger partial charge in [0.2, 0.25) is 0 Å². The third-order valence-electron chi connectivity index (χ3n) is 2.41. The molecule has 0 atom stereocenters. The lowest BCUT2D eigenvalue weighted by Crippen LogP contribution is -1.98. The smallest absolute Gasteiger partial charge is 0.0952 e. The standard InChI is InChI=1S/C13H15NO/c1-2-11-4-3-5-13(8-11)14-9-12-6-7-15-10-12/h3-8,10,14H,2,9H2,1H3. The molecule has 15 heavy (non-hydrogen) atoms. The fourth-order valence-corrected chi connectivity index (χ4v) is 1.50. The summed E-state index contributed by atoms with van der Waals surface area (Å²) in [6.07, 6.45) is 4.53. The molecule has 0 saturated heterocycles. The Kier molecular flexibility index (Phi) is 3.08. The number of rotatable bonds is 4. The molecule has 2 heteroatoms. The summed E-state index contributed by atoms with van der Waals surface area (Å²) in [6, 6.07) is 10.5. The van der Waals surface area contributed by atoms with E-state index in [4.69, 9.17) is 4.42 Å². The van der Waals surface area contributed by atoms with Gasteiger partial charge in [-0.05, 0) is 30.2 Å². The maximum atomic E-state index is 5.01. The van der Waals surface area contributed by atoms with Crippen LogP contribution in [0.2, 0.25) is 0 Å². The Bertz CT molecular complexity index is 406. The fraction of sp³-hybridized carbons (Fsp3) is 0.231. The number of anilines is 1. The largest absolute Gasteiger partial charge is 0.472 e. The molecular formula is C13H15NO. The van der Waals surface area contributed by atoms with Gasteiger partial charge in [-0.25, -0.2) is 0 Å². The molecule has 2 aromatic rings. The Morgan fingerprint density at radius 1 is 1.20 bits per heavy atom. The summed E-state index contributed by atoms with van der Waals surface area (Å²) in [6.45, 7) is 2.97. The molecule has 1 heterocycles. The lowest BCUT2D eigenvalue weighted by molar-refractivity contribution is 0.564. The summed E-state index contributed by atoms with van der Waals surface area (Å²) < 4.78 is 5.01. The monoisotopic (exact) mass is 201 g/mol. The highest BCUT2D eigenvalue weighted by Crippen LogP contribution is 2.12. The van der Waals surface area contributed by atoms with E-state index in [9.17, 15) is 0 Å². The number of nitrogens with one attached hydrogen (secondary N) is 1. The first-order valence-electron chi connectivity index (χ1n) is 5.22. The van der Waals surface area contributed by atoms with Crippen LogP contribution >= 0.6 is 0 Å². The zero-order valence-electron chi connectivity index (χ0n) is 8.86. The van der Waals surface area contributed by atoms with Crippen LogP contribution in [-0.2, 0) is 13.0 Å². The molecule has 0 radical (unpaired) electrons. The second kappa shape index (κ2) is 4.69. The Morgan fingerprint density at radius 2 is 2.13 bits per heavy atom. The van der Waals surface area contributed by atoms with Crippen LogP contribution in [0.5, 0.6) is 0 Å². The van der Waals surface area contributed by atoms with Crippen molar-refractivity contribution in [3.8, 4) is 0 Å². The molecule has 1 N–H and O–H groups in total. The average Bonchev–Trinajstić information content (AvgIpc) is 2.79. The van der Waals surface area contributed by atoms with Gasteiger partial charge in [0, 0.05) is 17.8 Å². The first-order chi connectivity index (χ1) is 7.38. The summed E-state index contributed by atoms with van der Waals surface area (Å²) in [5, 5.41) is 3.36. The zero-order valence-corrected chi connectivity index (χ0v) is 8.86. The van der Waals surface area contributed by atoms with E-state index in [2.05, 4.69) is 36.5 Å². The SMILES string of the molecule is CCc1cccc(NCc2ccoc2)c1. The van der Waals surface area contributed by atoms with Crippen LogP contribution in [0.3, 0.4) is 0 Å². The summed E-state index contributed by atoms with van der Waals surface area (Å²) in [5.41, 5.74) is 3.68. The average molecular weight is 201 g/mol. The summed E-state index contributed by atoms with van der Waals surface area (Å²) >= 11 is 0. The molecule has 0 fully saturated rings. The normalized spacial score (nSPS) is 10.2. The highest BCUT2D eigenvalue weighted by molar-refractivity contribution is 5.46. The molecule has 0 aliphatic rings.